The Morgan fingerprint density at radius 3 is 2.34 bits per heavy atom. The number of benzene rings is 2. The molecule has 2 amide bonds. The van der Waals surface area contributed by atoms with Crippen molar-refractivity contribution in [2.75, 3.05) is 29.6 Å². The molecule has 0 radical (unpaired) electrons. The Balaban J connectivity index is 1.77. The zero-order chi connectivity index (χ0) is 21.0. The van der Waals surface area contributed by atoms with E-state index in [1.165, 1.54) is 6.20 Å². The highest BCUT2D eigenvalue weighted by Crippen LogP contribution is 2.21. The molecule has 3 aromatic rings. The molecule has 0 bridgehead atoms. The van der Waals surface area contributed by atoms with E-state index in [1.54, 1.807) is 30.3 Å². The van der Waals surface area contributed by atoms with Crippen molar-refractivity contribution in [1.29, 1.82) is 0 Å². The minimum Gasteiger partial charge on any atom is -0.378 e. The number of aryl methyl sites for hydroxylation is 1. The molecule has 29 heavy (non-hydrogen) atoms. The summed E-state index contributed by atoms with van der Waals surface area (Å²) in [6.07, 6.45) is 1.40. The molecule has 148 valence electrons. The number of pyridine rings is 1. The summed E-state index contributed by atoms with van der Waals surface area (Å²) in [7, 11) is 3.87. The molecule has 0 unspecified atom stereocenters. The SMILES string of the molecule is Cc1ccc(C(=O)Nc2cccc(N(C)C)c2)cc1NC(=O)c1ccc(Cl)nc1. The minimum absolute atomic E-state index is 0.260. The molecule has 1 heterocycles. The van der Waals surface area contributed by atoms with Crippen LogP contribution in [0.25, 0.3) is 0 Å². The number of anilines is 3. The van der Waals surface area contributed by atoms with Crippen LogP contribution in [0, 0.1) is 6.92 Å². The molecule has 0 saturated heterocycles. The Hall–Kier alpha value is -3.38. The van der Waals surface area contributed by atoms with Gasteiger partial charge in [0.15, 0.2) is 0 Å². The van der Waals surface area contributed by atoms with E-state index in [2.05, 4.69) is 15.6 Å². The highest BCUT2D eigenvalue weighted by molar-refractivity contribution is 6.29. The smallest absolute Gasteiger partial charge is 0.257 e. The molecule has 0 spiro atoms. The Bertz CT molecular complexity index is 1050. The topological polar surface area (TPSA) is 74.3 Å². The Kier molecular flexibility index (Phi) is 6.14. The van der Waals surface area contributed by atoms with Crippen LogP contribution in [0.15, 0.2) is 60.8 Å². The fraction of sp³-hybridized carbons (Fsp3) is 0.136. The third-order valence-electron chi connectivity index (χ3n) is 4.36. The van der Waals surface area contributed by atoms with E-state index >= 15 is 0 Å². The van der Waals surface area contributed by atoms with E-state index < -0.39 is 0 Å². The minimum atomic E-state index is -0.325. The van der Waals surface area contributed by atoms with Crippen molar-refractivity contribution in [3.05, 3.63) is 82.6 Å². The average Bonchev–Trinajstić information content (AvgIpc) is 2.70. The lowest BCUT2D eigenvalue weighted by molar-refractivity contribution is 0.101. The molecule has 3 rings (SSSR count). The van der Waals surface area contributed by atoms with Gasteiger partial charge in [-0.2, -0.15) is 0 Å². The molecule has 6 nitrogen and oxygen atoms in total. The van der Waals surface area contributed by atoms with Gasteiger partial charge in [0.25, 0.3) is 11.8 Å². The second-order valence-electron chi connectivity index (χ2n) is 6.75. The van der Waals surface area contributed by atoms with Gasteiger partial charge in [-0.15, -0.1) is 0 Å². The molecule has 0 aliphatic rings. The van der Waals surface area contributed by atoms with Crippen molar-refractivity contribution in [3.8, 4) is 0 Å². The Labute approximate surface area is 174 Å². The summed E-state index contributed by atoms with van der Waals surface area (Å²) in [5.41, 5.74) is 3.89. The van der Waals surface area contributed by atoms with Crippen molar-refractivity contribution in [3.63, 3.8) is 0 Å². The monoisotopic (exact) mass is 408 g/mol. The van der Waals surface area contributed by atoms with E-state index in [1.807, 2.05) is 50.2 Å². The van der Waals surface area contributed by atoms with Crippen molar-refractivity contribution in [2.45, 2.75) is 6.92 Å². The van der Waals surface area contributed by atoms with E-state index in [0.29, 0.717) is 27.7 Å². The number of nitrogens with one attached hydrogen (secondary N) is 2. The number of nitrogens with zero attached hydrogens (tertiary/aromatic N) is 2. The fourth-order valence-electron chi connectivity index (χ4n) is 2.67. The second kappa shape index (κ2) is 8.75. The standard InChI is InChI=1S/C22H21ClN4O2/c1-14-7-8-15(21(28)25-17-5-4-6-18(12-17)27(2)3)11-19(14)26-22(29)16-9-10-20(23)24-13-16/h4-13H,1-3H3,(H,25,28)(H,26,29). The Morgan fingerprint density at radius 1 is 0.931 bits per heavy atom. The normalized spacial score (nSPS) is 10.3. The van der Waals surface area contributed by atoms with E-state index in [0.717, 1.165) is 11.3 Å². The van der Waals surface area contributed by atoms with Crippen molar-refractivity contribution in [2.24, 2.45) is 0 Å². The summed E-state index contributed by atoms with van der Waals surface area (Å²) in [5, 5.41) is 6.02. The molecule has 1 aromatic heterocycles. The molecular formula is C22H21ClN4O2. The van der Waals surface area contributed by atoms with Crippen LogP contribution >= 0.6 is 11.6 Å². The van der Waals surface area contributed by atoms with Crippen LogP contribution in [-0.4, -0.2) is 30.9 Å². The maximum Gasteiger partial charge on any atom is 0.257 e. The number of hydrogen-bond donors (Lipinski definition) is 2. The molecule has 0 fully saturated rings. The molecule has 2 N–H and O–H groups in total. The van der Waals surface area contributed by atoms with Crippen LogP contribution in [-0.2, 0) is 0 Å². The van der Waals surface area contributed by atoms with E-state index in [4.69, 9.17) is 11.6 Å². The van der Waals surface area contributed by atoms with Gasteiger partial charge in [0.1, 0.15) is 5.15 Å². The molecular weight excluding hydrogens is 388 g/mol. The lowest BCUT2D eigenvalue weighted by atomic mass is 10.1. The van der Waals surface area contributed by atoms with Gasteiger partial charge in [0.05, 0.1) is 5.56 Å². The number of carbonyl (C=O) groups excluding carboxylic acids is 2. The van der Waals surface area contributed by atoms with Gasteiger partial charge in [-0.05, 0) is 55.0 Å². The van der Waals surface area contributed by atoms with Gasteiger partial charge in [0, 0.05) is 42.9 Å². The van der Waals surface area contributed by atoms with Crippen molar-refractivity contribution in [1.82, 2.24) is 4.98 Å². The molecule has 0 saturated carbocycles. The van der Waals surface area contributed by atoms with Gasteiger partial charge < -0.3 is 15.5 Å². The highest BCUT2D eigenvalue weighted by atomic mass is 35.5. The number of amides is 2. The van der Waals surface area contributed by atoms with Gasteiger partial charge in [-0.3, -0.25) is 9.59 Å². The summed E-state index contributed by atoms with van der Waals surface area (Å²) in [4.78, 5) is 31.0. The van der Waals surface area contributed by atoms with Crippen LogP contribution in [0.2, 0.25) is 5.15 Å². The maximum absolute atomic E-state index is 12.7. The summed E-state index contributed by atoms with van der Waals surface area (Å²) in [6, 6.07) is 15.9. The highest BCUT2D eigenvalue weighted by Gasteiger charge is 2.12. The summed E-state index contributed by atoms with van der Waals surface area (Å²) in [6.45, 7) is 1.86. The number of hydrogen-bond acceptors (Lipinski definition) is 4. The molecule has 0 atom stereocenters. The zero-order valence-corrected chi connectivity index (χ0v) is 17.1. The first kappa shape index (κ1) is 20.4. The number of aromatic nitrogens is 1. The molecule has 2 aromatic carbocycles. The number of carbonyl (C=O) groups is 2. The second-order valence-corrected chi connectivity index (χ2v) is 7.14. The predicted octanol–water partition coefficient (Wildman–Crippen LogP) is 4.61. The van der Waals surface area contributed by atoms with Gasteiger partial charge in [-0.1, -0.05) is 23.7 Å². The summed E-state index contributed by atoms with van der Waals surface area (Å²) in [5.74, 6) is -0.585. The first-order chi connectivity index (χ1) is 13.8. The number of rotatable bonds is 5. The Morgan fingerprint density at radius 2 is 1.66 bits per heavy atom. The zero-order valence-electron chi connectivity index (χ0n) is 16.4. The van der Waals surface area contributed by atoms with Crippen LogP contribution in [0.1, 0.15) is 26.3 Å². The lowest BCUT2D eigenvalue weighted by Crippen LogP contribution is -2.16. The van der Waals surface area contributed by atoms with Gasteiger partial charge >= 0.3 is 0 Å². The predicted molar refractivity (Wildman–Crippen MR) is 117 cm³/mol. The first-order valence-corrected chi connectivity index (χ1v) is 9.33. The third kappa shape index (κ3) is 5.12. The first-order valence-electron chi connectivity index (χ1n) is 8.96. The van der Waals surface area contributed by atoms with Crippen molar-refractivity contribution >= 4 is 40.5 Å². The number of halogens is 1. The quantitative estimate of drug-likeness (QED) is 0.604. The van der Waals surface area contributed by atoms with Crippen molar-refractivity contribution < 1.29 is 9.59 Å². The van der Waals surface area contributed by atoms with Gasteiger partial charge in [0.2, 0.25) is 0 Å². The van der Waals surface area contributed by atoms with Crippen LogP contribution in [0.3, 0.4) is 0 Å². The van der Waals surface area contributed by atoms with Crippen LogP contribution in [0.4, 0.5) is 17.1 Å². The maximum atomic E-state index is 12.7. The molecule has 7 heteroatoms. The van der Waals surface area contributed by atoms with Crippen LogP contribution in [0.5, 0.6) is 0 Å². The third-order valence-corrected chi connectivity index (χ3v) is 4.58. The largest absolute Gasteiger partial charge is 0.378 e. The lowest BCUT2D eigenvalue weighted by Gasteiger charge is -2.14. The molecule has 0 aliphatic carbocycles. The average molecular weight is 409 g/mol. The molecule has 0 aliphatic heterocycles. The summed E-state index contributed by atoms with van der Waals surface area (Å²) < 4.78 is 0. The fourth-order valence-corrected chi connectivity index (χ4v) is 2.78. The van der Waals surface area contributed by atoms with Gasteiger partial charge in [-0.25, -0.2) is 4.98 Å². The van der Waals surface area contributed by atoms with E-state index in [9.17, 15) is 9.59 Å². The van der Waals surface area contributed by atoms with Crippen LogP contribution < -0.4 is 15.5 Å². The van der Waals surface area contributed by atoms with E-state index in [-0.39, 0.29) is 11.8 Å². The summed E-state index contributed by atoms with van der Waals surface area (Å²) >= 11 is 5.76.